The van der Waals surface area contributed by atoms with Crippen LogP contribution in [0.15, 0.2) is 22.8 Å². The Morgan fingerprint density at radius 3 is 1.55 bits per heavy atom. The molecule has 0 aliphatic rings. The summed E-state index contributed by atoms with van der Waals surface area (Å²) in [7, 11) is 0. The van der Waals surface area contributed by atoms with Crippen LogP contribution in [0.4, 0.5) is 0 Å². The highest BCUT2D eigenvalue weighted by molar-refractivity contribution is 5.69. The third kappa shape index (κ3) is 18.7. The first-order chi connectivity index (χ1) is 18.7. The van der Waals surface area contributed by atoms with Crippen molar-refractivity contribution in [2.24, 2.45) is 5.41 Å². The minimum Gasteiger partial charge on any atom is -0.466 e. The van der Waals surface area contributed by atoms with E-state index in [2.05, 4.69) is 0 Å². The summed E-state index contributed by atoms with van der Waals surface area (Å²) in [5.74, 6) is 0.251. The Hall–Kier alpha value is -1.53. The molecule has 38 heavy (non-hydrogen) atoms. The standard InChI is InChI=1S/C28H50O10/c1-4-30-13-8-16-33-22-28(23-34-17-9-14-31-5-2,24-35-18-10-15-32-6-3)25-36-20-12-27(29)38-21-26-11-7-19-37-26/h7,11,19H,4-6,8-10,12-18,20-25H2,1-3H3. The first kappa shape index (κ1) is 34.5. The average Bonchev–Trinajstić information content (AvgIpc) is 3.45. The third-order valence-corrected chi connectivity index (χ3v) is 5.38. The van der Waals surface area contributed by atoms with Gasteiger partial charge in [0, 0.05) is 59.5 Å². The van der Waals surface area contributed by atoms with E-state index in [0.29, 0.717) is 91.6 Å². The molecule has 0 amide bonds. The number of hydrogen-bond acceptors (Lipinski definition) is 10. The van der Waals surface area contributed by atoms with Gasteiger partial charge in [0.2, 0.25) is 0 Å². The molecule has 0 atom stereocenters. The third-order valence-electron chi connectivity index (χ3n) is 5.38. The molecule has 0 fully saturated rings. The van der Waals surface area contributed by atoms with Crippen LogP contribution in [0.2, 0.25) is 0 Å². The highest BCUT2D eigenvalue weighted by Gasteiger charge is 2.32. The van der Waals surface area contributed by atoms with Crippen molar-refractivity contribution in [3.8, 4) is 0 Å². The average molecular weight is 547 g/mol. The molecule has 0 aliphatic carbocycles. The monoisotopic (exact) mass is 546 g/mol. The second kappa shape index (κ2) is 24.5. The molecular formula is C28H50O10. The molecule has 0 N–H and O–H groups in total. The lowest BCUT2D eigenvalue weighted by Gasteiger charge is -2.33. The maximum atomic E-state index is 12.1. The van der Waals surface area contributed by atoms with Crippen LogP contribution in [0, 0.1) is 5.41 Å². The van der Waals surface area contributed by atoms with Crippen molar-refractivity contribution < 1.29 is 47.1 Å². The van der Waals surface area contributed by atoms with Crippen LogP contribution >= 0.6 is 0 Å². The largest absolute Gasteiger partial charge is 0.466 e. The molecule has 222 valence electrons. The van der Waals surface area contributed by atoms with Gasteiger partial charge in [-0.15, -0.1) is 0 Å². The van der Waals surface area contributed by atoms with Gasteiger partial charge in [0.25, 0.3) is 0 Å². The highest BCUT2D eigenvalue weighted by Crippen LogP contribution is 2.21. The fourth-order valence-corrected chi connectivity index (χ4v) is 3.40. The van der Waals surface area contributed by atoms with Crippen molar-refractivity contribution in [3.63, 3.8) is 0 Å². The van der Waals surface area contributed by atoms with E-state index in [9.17, 15) is 4.79 Å². The molecule has 0 bridgehead atoms. The number of hydrogen-bond donors (Lipinski definition) is 0. The second-order valence-corrected chi connectivity index (χ2v) is 8.85. The van der Waals surface area contributed by atoms with Crippen LogP contribution in [0.5, 0.6) is 0 Å². The fourth-order valence-electron chi connectivity index (χ4n) is 3.40. The minimum atomic E-state index is -0.527. The van der Waals surface area contributed by atoms with E-state index in [1.54, 1.807) is 18.4 Å². The molecule has 0 unspecified atom stereocenters. The number of carbonyl (C=O) groups excluding carboxylic acids is 1. The lowest BCUT2D eigenvalue weighted by atomic mass is 9.92. The smallest absolute Gasteiger partial charge is 0.308 e. The Labute approximate surface area is 228 Å². The quantitative estimate of drug-likeness (QED) is 0.113. The number of esters is 1. The summed E-state index contributed by atoms with van der Waals surface area (Å²) in [6.07, 6.45) is 4.09. The molecule has 1 aromatic heterocycles. The maximum Gasteiger partial charge on any atom is 0.308 e. The summed E-state index contributed by atoms with van der Waals surface area (Å²) in [4.78, 5) is 12.1. The first-order valence-corrected chi connectivity index (χ1v) is 13.9. The van der Waals surface area contributed by atoms with Crippen LogP contribution in [0.1, 0.15) is 52.2 Å². The van der Waals surface area contributed by atoms with Crippen molar-refractivity contribution in [2.45, 2.75) is 53.1 Å². The van der Waals surface area contributed by atoms with Gasteiger partial charge in [0.1, 0.15) is 12.4 Å². The molecule has 1 heterocycles. The lowest BCUT2D eigenvalue weighted by Crippen LogP contribution is -2.42. The van der Waals surface area contributed by atoms with Crippen molar-refractivity contribution >= 4 is 5.97 Å². The molecule has 0 saturated carbocycles. The molecule has 1 rings (SSSR count). The molecule has 0 aromatic carbocycles. The SMILES string of the molecule is CCOCCCOCC(COCCCOCC)(COCCCOCC)COCCC(=O)OCc1ccco1. The Morgan fingerprint density at radius 1 is 0.684 bits per heavy atom. The zero-order valence-electron chi connectivity index (χ0n) is 23.7. The lowest BCUT2D eigenvalue weighted by molar-refractivity contribution is -0.148. The van der Waals surface area contributed by atoms with Gasteiger partial charge in [-0.05, 0) is 52.2 Å². The number of ether oxygens (including phenoxy) is 8. The number of carbonyl (C=O) groups is 1. The predicted octanol–water partition coefficient (Wildman–Crippen LogP) is 4.05. The van der Waals surface area contributed by atoms with Crippen LogP contribution in [-0.2, 0) is 49.3 Å². The van der Waals surface area contributed by atoms with Crippen molar-refractivity contribution in [1.82, 2.24) is 0 Å². The summed E-state index contributed by atoms with van der Waals surface area (Å²) >= 11 is 0. The molecule has 10 heteroatoms. The van der Waals surface area contributed by atoms with Crippen molar-refractivity contribution in [1.29, 1.82) is 0 Å². The van der Waals surface area contributed by atoms with Gasteiger partial charge in [0.05, 0.1) is 51.1 Å². The van der Waals surface area contributed by atoms with E-state index >= 15 is 0 Å². The summed E-state index contributed by atoms with van der Waals surface area (Å²) in [5.41, 5.74) is -0.527. The molecule has 0 aliphatic heterocycles. The molecular weight excluding hydrogens is 496 g/mol. The van der Waals surface area contributed by atoms with Crippen LogP contribution < -0.4 is 0 Å². The highest BCUT2D eigenvalue weighted by atomic mass is 16.5. The van der Waals surface area contributed by atoms with Crippen LogP contribution in [0.3, 0.4) is 0 Å². The van der Waals surface area contributed by atoms with Gasteiger partial charge >= 0.3 is 5.97 Å². The maximum absolute atomic E-state index is 12.1. The number of rotatable bonds is 28. The zero-order chi connectivity index (χ0) is 27.6. The topological polar surface area (TPSA) is 104 Å². The van der Waals surface area contributed by atoms with Crippen molar-refractivity contribution in [2.75, 3.05) is 92.5 Å². The van der Waals surface area contributed by atoms with Gasteiger partial charge in [0.15, 0.2) is 0 Å². The Bertz CT molecular complexity index is 597. The Morgan fingerprint density at radius 2 is 1.13 bits per heavy atom. The molecule has 10 nitrogen and oxygen atoms in total. The molecule has 0 saturated heterocycles. The van der Waals surface area contributed by atoms with Gasteiger partial charge in [-0.1, -0.05) is 0 Å². The predicted molar refractivity (Wildman–Crippen MR) is 142 cm³/mol. The van der Waals surface area contributed by atoms with Gasteiger partial charge in [-0.2, -0.15) is 0 Å². The summed E-state index contributed by atoms with van der Waals surface area (Å²) in [5, 5.41) is 0. The van der Waals surface area contributed by atoms with E-state index < -0.39 is 5.41 Å². The normalized spacial score (nSPS) is 11.8. The Kier molecular flexibility index (Phi) is 22.2. The van der Waals surface area contributed by atoms with Crippen molar-refractivity contribution in [3.05, 3.63) is 24.2 Å². The summed E-state index contributed by atoms with van der Waals surface area (Å²) < 4.78 is 50.7. The molecule has 1 aromatic rings. The van der Waals surface area contributed by atoms with Gasteiger partial charge < -0.3 is 42.3 Å². The van der Waals surface area contributed by atoms with Crippen LogP contribution in [-0.4, -0.2) is 98.5 Å². The van der Waals surface area contributed by atoms with Crippen LogP contribution in [0.25, 0.3) is 0 Å². The summed E-state index contributed by atoms with van der Waals surface area (Å²) in [6, 6.07) is 3.51. The van der Waals surface area contributed by atoms with E-state index in [1.807, 2.05) is 20.8 Å². The second-order valence-electron chi connectivity index (χ2n) is 8.85. The summed E-state index contributed by atoms with van der Waals surface area (Å²) in [6.45, 7) is 13.5. The fraction of sp³-hybridized carbons (Fsp3) is 0.821. The molecule has 0 radical (unpaired) electrons. The first-order valence-electron chi connectivity index (χ1n) is 13.9. The van der Waals surface area contributed by atoms with E-state index in [-0.39, 0.29) is 25.6 Å². The van der Waals surface area contributed by atoms with E-state index in [4.69, 9.17) is 42.3 Å². The number of furan rings is 1. The van der Waals surface area contributed by atoms with E-state index in [0.717, 1.165) is 19.3 Å². The van der Waals surface area contributed by atoms with E-state index in [1.165, 1.54) is 0 Å². The zero-order valence-corrected chi connectivity index (χ0v) is 23.7. The van der Waals surface area contributed by atoms with Gasteiger partial charge in [-0.3, -0.25) is 4.79 Å². The molecule has 0 spiro atoms. The Balaban J connectivity index is 2.61. The van der Waals surface area contributed by atoms with Gasteiger partial charge in [-0.25, -0.2) is 0 Å². The minimum absolute atomic E-state index is 0.108.